The molecular weight excluding hydrogens is 721 g/mol. The van der Waals surface area contributed by atoms with Gasteiger partial charge in [0.2, 0.25) is 0 Å². The second kappa shape index (κ2) is 14.6. The third-order valence-electron chi connectivity index (χ3n) is 11.3. The lowest BCUT2D eigenvalue weighted by molar-refractivity contribution is 0.660. The molecular formula is C53H36N6. The highest BCUT2D eigenvalue weighted by atomic mass is 15.0. The summed E-state index contributed by atoms with van der Waals surface area (Å²) >= 11 is 0. The van der Waals surface area contributed by atoms with Gasteiger partial charge in [0, 0.05) is 58.0 Å². The van der Waals surface area contributed by atoms with Crippen LogP contribution in [-0.2, 0) is 5.41 Å². The summed E-state index contributed by atoms with van der Waals surface area (Å²) in [5, 5.41) is 9.75. The SMILES string of the molecule is CC1(C)c2cc(C#N)ccc2-c2ccc(-c3cc(-c4cc(-c5cccnc5)cc(-c5cccnc5)c4)cc(-c4nc(-c5ccccc5)nc(-c5ccccc5)n4)c3)cc21. The van der Waals surface area contributed by atoms with Crippen LogP contribution in [0, 0.1) is 11.3 Å². The van der Waals surface area contributed by atoms with Gasteiger partial charge in [-0.2, -0.15) is 5.26 Å². The van der Waals surface area contributed by atoms with Crippen LogP contribution in [0.5, 0.6) is 0 Å². The molecule has 1 aliphatic rings. The summed E-state index contributed by atoms with van der Waals surface area (Å²) in [6.45, 7) is 4.49. The summed E-state index contributed by atoms with van der Waals surface area (Å²) in [5.74, 6) is 1.79. The molecule has 59 heavy (non-hydrogen) atoms. The van der Waals surface area contributed by atoms with Gasteiger partial charge in [-0.3, -0.25) is 9.97 Å². The Hall–Kier alpha value is -7.88. The maximum absolute atomic E-state index is 9.75. The van der Waals surface area contributed by atoms with Crippen LogP contribution in [-0.4, -0.2) is 24.9 Å². The first-order valence-electron chi connectivity index (χ1n) is 19.6. The number of fused-ring (bicyclic) bond motifs is 3. The Kier molecular flexibility index (Phi) is 8.77. The van der Waals surface area contributed by atoms with Crippen molar-refractivity contribution < 1.29 is 0 Å². The van der Waals surface area contributed by atoms with E-state index >= 15 is 0 Å². The van der Waals surface area contributed by atoms with Gasteiger partial charge in [-0.1, -0.05) is 105 Å². The molecule has 6 heteroatoms. The molecule has 6 nitrogen and oxygen atoms in total. The minimum absolute atomic E-state index is 0.298. The number of hydrogen-bond donors (Lipinski definition) is 0. The van der Waals surface area contributed by atoms with Gasteiger partial charge >= 0.3 is 0 Å². The van der Waals surface area contributed by atoms with E-state index in [0.717, 1.165) is 61.2 Å². The fraction of sp³-hybridized carbons (Fsp3) is 0.0566. The molecule has 0 radical (unpaired) electrons. The first kappa shape index (κ1) is 35.5. The second-order valence-corrected chi connectivity index (χ2v) is 15.4. The van der Waals surface area contributed by atoms with Crippen LogP contribution in [0.25, 0.3) is 89.8 Å². The number of pyridine rings is 2. The van der Waals surface area contributed by atoms with Crippen LogP contribution in [0.4, 0.5) is 0 Å². The molecule has 10 rings (SSSR count). The molecule has 3 aromatic heterocycles. The van der Waals surface area contributed by atoms with Crippen LogP contribution in [0.1, 0.15) is 30.5 Å². The number of nitrogens with zero attached hydrogens (tertiary/aromatic N) is 6. The van der Waals surface area contributed by atoms with E-state index in [0.29, 0.717) is 23.0 Å². The topological polar surface area (TPSA) is 88.2 Å². The highest BCUT2D eigenvalue weighted by molar-refractivity contribution is 5.88. The highest BCUT2D eigenvalue weighted by Crippen LogP contribution is 2.50. The number of benzene rings is 6. The Morgan fingerprint density at radius 1 is 0.390 bits per heavy atom. The number of nitriles is 1. The molecule has 0 saturated carbocycles. The van der Waals surface area contributed by atoms with Crippen molar-refractivity contribution in [3.63, 3.8) is 0 Å². The third-order valence-corrected chi connectivity index (χ3v) is 11.3. The van der Waals surface area contributed by atoms with Gasteiger partial charge in [-0.05, 0) is 122 Å². The van der Waals surface area contributed by atoms with E-state index in [1.165, 1.54) is 22.3 Å². The van der Waals surface area contributed by atoms with Crippen molar-refractivity contribution in [3.8, 4) is 95.9 Å². The van der Waals surface area contributed by atoms with E-state index < -0.39 is 0 Å². The summed E-state index contributed by atoms with van der Waals surface area (Å²) < 4.78 is 0. The smallest absolute Gasteiger partial charge is 0.164 e. The quantitative estimate of drug-likeness (QED) is 0.161. The van der Waals surface area contributed by atoms with Crippen molar-refractivity contribution >= 4 is 0 Å². The van der Waals surface area contributed by atoms with E-state index in [1.54, 1.807) is 12.4 Å². The molecule has 3 heterocycles. The van der Waals surface area contributed by atoms with E-state index in [-0.39, 0.29) is 5.41 Å². The summed E-state index contributed by atoms with van der Waals surface area (Å²) in [4.78, 5) is 24.2. The predicted octanol–water partition coefficient (Wildman–Crippen LogP) is 12.5. The maximum atomic E-state index is 9.75. The van der Waals surface area contributed by atoms with Gasteiger partial charge in [-0.15, -0.1) is 0 Å². The number of hydrogen-bond acceptors (Lipinski definition) is 6. The largest absolute Gasteiger partial charge is 0.264 e. The Morgan fingerprint density at radius 2 is 0.814 bits per heavy atom. The first-order chi connectivity index (χ1) is 28.9. The molecule has 0 bridgehead atoms. The Morgan fingerprint density at radius 3 is 1.31 bits per heavy atom. The van der Waals surface area contributed by atoms with E-state index in [9.17, 15) is 5.26 Å². The van der Waals surface area contributed by atoms with Crippen molar-refractivity contribution in [2.75, 3.05) is 0 Å². The molecule has 0 unspecified atom stereocenters. The molecule has 9 aromatic rings. The Labute approximate surface area is 343 Å². The summed E-state index contributed by atoms with van der Waals surface area (Å²) in [6.07, 6.45) is 7.40. The first-order valence-corrected chi connectivity index (χ1v) is 19.6. The number of rotatable bonds is 7. The van der Waals surface area contributed by atoms with Gasteiger partial charge in [0.15, 0.2) is 17.5 Å². The standard InChI is InChI=1S/C53H36N6/c1-53(2)48-23-34(31-54)17-19-46(48)47-20-18-37(30-49(47)53)40-24-44(43-26-41(38-15-9-21-55-32-38)25-42(27-43)39-16-10-22-56-33-39)29-45(28-40)52-58-50(35-11-5-3-6-12-35)57-51(59-52)36-13-7-4-8-14-36/h3-30,32-33H,1-2H3. The molecule has 0 atom stereocenters. The van der Waals surface area contributed by atoms with Gasteiger partial charge in [0.05, 0.1) is 11.6 Å². The van der Waals surface area contributed by atoms with E-state index in [4.69, 9.17) is 15.0 Å². The maximum Gasteiger partial charge on any atom is 0.164 e. The summed E-state index contributed by atoms with van der Waals surface area (Å²) in [7, 11) is 0. The molecule has 0 aliphatic heterocycles. The van der Waals surface area contributed by atoms with Crippen LogP contribution in [0.2, 0.25) is 0 Å². The monoisotopic (exact) mass is 756 g/mol. The predicted molar refractivity (Wildman–Crippen MR) is 236 cm³/mol. The van der Waals surface area contributed by atoms with Crippen LogP contribution < -0.4 is 0 Å². The molecule has 0 amide bonds. The van der Waals surface area contributed by atoms with E-state index in [1.807, 2.05) is 97.3 Å². The zero-order chi connectivity index (χ0) is 39.9. The van der Waals surface area contributed by atoms with Gasteiger partial charge in [0.1, 0.15) is 0 Å². The van der Waals surface area contributed by atoms with Gasteiger partial charge < -0.3 is 0 Å². The van der Waals surface area contributed by atoms with Crippen LogP contribution in [0.15, 0.2) is 183 Å². The molecule has 1 aliphatic carbocycles. The average molecular weight is 757 g/mol. The fourth-order valence-corrected chi connectivity index (χ4v) is 8.21. The van der Waals surface area contributed by atoms with Crippen LogP contribution >= 0.6 is 0 Å². The lowest BCUT2D eigenvalue weighted by atomic mass is 9.81. The van der Waals surface area contributed by atoms with Crippen molar-refractivity contribution in [1.82, 2.24) is 24.9 Å². The third kappa shape index (κ3) is 6.65. The summed E-state index contributed by atoms with van der Waals surface area (Å²) in [5.41, 5.74) is 16.1. The molecule has 0 spiro atoms. The van der Waals surface area contributed by atoms with E-state index in [2.05, 4.69) is 103 Å². The van der Waals surface area contributed by atoms with Crippen molar-refractivity contribution in [3.05, 3.63) is 199 Å². The fourth-order valence-electron chi connectivity index (χ4n) is 8.21. The summed E-state index contributed by atoms with van der Waals surface area (Å²) in [6, 6.07) is 56.7. The zero-order valence-electron chi connectivity index (χ0n) is 32.5. The minimum Gasteiger partial charge on any atom is -0.264 e. The molecule has 0 saturated heterocycles. The molecule has 278 valence electrons. The highest BCUT2D eigenvalue weighted by Gasteiger charge is 2.36. The zero-order valence-corrected chi connectivity index (χ0v) is 32.5. The number of aromatic nitrogens is 5. The van der Waals surface area contributed by atoms with Crippen LogP contribution in [0.3, 0.4) is 0 Å². The molecule has 0 fully saturated rings. The Balaban J connectivity index is 1.21. The molecule has 0 N–H and O–H groups in total. The van der Waals surface area contributed by atoms with Gasteiger partial charge in [-0.25, -0.2) is 15.0 Å². The average Bonchev–Trinajstić information content (AvgIpc) is 3.54. The van der Waals surface area contributed by atoms with Crippen molar-refractivity contribution in [1.29, 1.82) is 5.26 Å². The normalized spacial score (nSPS) is 12.4. The second-order valence-electron chi connectivity index (χ2n) is 15.4. The minimum atomic E-state index is -0.298. The lowest BCUT2D eigenvalue weighted by Crippen LogP contribution is -2.15. The van der Waals surface area contributed by atoms with Gasteiger partial charge in [0.25, 0.3) is 0 Å². The van der Waals surface area contributed by atoms with Crippen molar-refractivity contribution in [2.45, 2.75) is 19.3 Å². The van der Waals surface area contributed by atoms with Crippen molar-refractivity contribution in [2.24, 2.45) is 0 Å². The molecule has 6 aromatic carbocycles. The lowest BCUT2D eigenvalue weighted by Gasteiger charge is -2.22. The Bertz CT molecular complexity index is 2800.